The normalized spacial score (nSPS) is 26.4. The second kappa shape index (κ2) is 7.77. The van der Waals surface area contributed by atoms with Gasteiger partial charge in [-0.25, -0.2) is 14.8 Å². The minimum Gasteiger partial charge on any atom is -0.463 e. The third kappa shape index (κ3) is 3.79. The lowest BCUT2D eigenvalue weighted by molar-refractivity contribution is 0.0682. The molecule has 0 aromatic carbocycles. The summed E-state index contributed by atoms with van der Waals surface area (Å²) >= 11 is 0. The van der Waals surface area contributed by atoms with Crippen LogP contribution in [-0.4, -0.2) is 60.0 Å². The van der Waals surface area contributed by atoms with Crippen molar-refractivity contribution in [3.05, 3.63) is 43.3 Å². The number of carbonyl (C=O) groups is 1. The average Bonchev–Trinajstić information content (AvgIpc) is 3.41. The Balaban J connectivity index is 1.37. The number of anilines is 1. The van der Waals surface area contributed by atoms with E-state index in [1.165, 1.54) is 0 Å². The second-order valence-electron chi connectivity index (χ2n) is 6.34. The molecule has 2 aliphatic heterocycles. The van der Waals surface area contributed by atoms with E-state index in [1.54, 1.807) is 24.6 Å². The van der Waals surface area contributed by atoms with Gasteiger partial charge in [0.25, 0.3) is 0 Å². The number of nitrogens with zero attached hydrogens (tertiary/aromatic N) is 2. The number of furan rings is 1. The van der Waals surface area contributed by atoms with E-state index in [9.17, 15) is 4.79 Å². The Morgan fingerprint density at radius 2 is 2.07 bits per heavy atom. The molecule has 2 amide bonds. The van der Waals surface area contributed by atoms with Gasteiger partial charge in [-0.05, 0) is 18.2 Å². The van der Waals surface area contributed by atoms with Gasteiger partial charge in [-0.3, -0.25) is 0 Å². The van der Waals surface area contributed by atoms with Gasteiger partial charge >= 0.3 is 6.03 Å². The molecule has 0 aliphatic carbocycles. The highest BCUT2D eigenvalue weighted by molar-refractivity contribution is 5.74. The Labute approximate surface area is 156 Å². The van der Waals surface area contributed by atoms with Gasteiger partial charge in [0.05, 0.1) is 31.6 Å². The number of ether oxygens (including phenoxy) is 2. The molecule has 4 atom stereocenters. The number of nitrogens with one attached hydrogen (secondary N) is 3. The summed E-state index contributed by atoms with van der Waals surface area (Å²) in [6, 6.07) is 4.86. The molecule has 142 valence electrons. The standard InChI is InChI=1S/C18H21N5O4/c1-2-6-20-18(24)23-13-10-27-15-12(9-26-16(13)15)22-17-19-7-5-11(21-17)14-4-3-8-25-14/h2-5,7-8,12-13,15-16H,1,6,9-10H2,(H,19,21,22)(H2,20,23,24)/t12-,13-,15+,16+/m0/s1. The highest BCUT2D eigenvalue weighted by Crippen LogP contribution is 2.29. The van der Waals surface area contributed by atoms with Gasteiger partial charge in [0.1, 0.15) is 17.9 Å². The van der Waals surface area contributed by atoms with Crippen LogP contribution in [-0.2, 0) is 9.47 Å². The molecular weight excluding hydrogens is 350 g/mol. The maximum atomic E-state index is 11.8. The van der Waals surface area contributed by atoms with E-state index in [4.69, 9.17) is 13.9 Å². The highest BCUT2D eigenvalue weighted by Gasteiger charge is 2.48. The van der Waals surface area contributed by atoms with Crippen LogP contribution in [0.2, 0.25) is 0 Å². The summed E-state index contributed by atoms with van der Waals surface area (Å²) in [7, 11) is 0. The van der Waals surface area contributed by atoms with E-state index in [0.29, 0.717) is 37.2 Å². The predicted molar refractivity (Wildman–Crippen MR) is 97.1 cm³/mol. The Kier molecular flexibility index (Phi) is 5.03. The van der Waals surface area contributed by atoms with Crippen LogP contribution in [0.4, 0.5) is 10.7 Å². The van der Waals surface area contributed by atoms with Crippen LogP contribution in [0.25, 0.3) is 11.5 Å². The lowest BCUT2D eigenvalue weighted by Gasteiger charge is -2.18. The Hall–Kier alpha value is -2.91. The molecule has 0 radical (unpaired) electrons. The van der Waals surface area contributed by atoms with Crippen molar-refractivity contribution in [2.24, 2.45) is 0 Å². The minimum atomic E-state index is -0.265. The van der Waals surface area contributed by atoms with Gasteiger partial charge in [-0.15, -0.1) is 6.58 Å². The minimum absolute atomic E-state index is 0.107. The largest absolute Gasteiger partial charge is 0.463 e. The predicted octanol–water partition coefficient (Wildman–Crippen LogP) is 1.17. The van der Waals surface area contributed by atoms with Crippen LogP contribution >= 0.6 is 0 Å². The Bertz CT molecular complexity index is 797. The summed E-state index contributed by atoms with van der Waals surface area (Å²) in [6.07, 6.45) is 4.49. The number of urea groups is 1. The quantitative estimate of drug-likeness (QED) is 0.654. The molecule has 4 heterocycles. The summed E-state index contributed by atoms with van der Waals surface area (Å²) in [6.45, 7) is 4.81. The van der Waals surface area contributed by atoms with E-state index in [1.807, 2.05) is 12.1 Å². The van der Waals surface area contributed by atoms with Crippen molar-refractivity contribution >= 4 is 12.0 Å². The number of aromatic nitrogens is 2. The summed E-state index contributed by atoms with van der Waals surface area (Å²) in [5.41, 5.74) is 0.693. The fourth-order valence-corrected chi connectivity index (χ4v) is 3.29. The zero-order valence-electron chi connectivity index (χ0n) is 14.6. The van der Waals surface area contributed by atoms with Crippen LogP contribution in [0.5, 0.6) is 0 Å². The highest BCUT2D eigenvalue weighted by atomic mass is 16.6. The van der Waals surface area contributed by atoms with Crippen LogP contribution in [0.3, 0.4) is 0 Å². The third-order valence-corrected chi connectivity index (χ3v) is 4.52. The zero-order valence-corrected chi connectivity index (χ0v) is 14.6. The van der Waals surface area contributed by atoms with E-state index >= 15 is 0 Å². The number of rotatable bonds is 6. The molecule has 0 saturated carbocycles. The topological polar surface area (TPSA) is 111 Å². The van der Waals surface area contributed by atoms with Gasteiger partial charge in [0, 0.05) is 12.7 Å². The molecule has 9 heteroatoms. The van der Waals surface area contributed by atoms with E-state index < -0.39 is 0 Å². The summed E-state index contributed by atoms with van der Waals surface area (Å²) in [5, 5.41) is 8.83. The van der Waals surface area contributed by atoms with Crippen molar-refractivity contribution in [1.29, 1.82) is 0 Å². The van der Waals surface area contributed by atoms with Crippen LogP contribution in [0.1, 0.15) is 0 Å². The lowest BCUT2D eigenvalue weighted by Crippen LogP contribution is -2.48. The van der Waals surface area contributed by atoms with Gasteiger partial charge in [-0.2, -0.15) is 0 Å². The zero-order chi connectivity index (χ0) is 18.6. The second-order valence-corrected chi connectivity index (χ2v) is 6.34. The van der Waals surface area contributed by atoms with Crippen molar-refractivity contribution in [2.75, 3.05) is 25.1 Å². The molecule has 0 spiro atoms. The fraction of sp³-hybridized carbons (Fsp3) is 0.389. The first kappa shape index (κ1) is 17.5. The maximum Gasteiger partial charge on any atom is 0.315 e. The average molecular weight is 371 g/mol. The molecular formula is C18H21N5O4. The summed E-state index contributed by atoms with van der Waals surface area (Å²) in [4.78, 5) is 20.6. The van der Waals surface area contributed by atoms with Crippen molar-refractivity contribution in [3.63, 3.8) is 0 Å². The molecule has 0 bridgehead atoms. The number of hydrogen-bond donors (Lipinski definition) is 3. The molecule has 2 aromatic heterocycles. The smallest absolute Gasteiger partial charge is 0.315 e. The van der Waals surface area contributed by atoms with Crippen molar-refractivity contribution in [2.45, 2.75) is 24.3 Å². The van der Waals surface area contributed by atoms with Gasteiger partial charge in [0.2, 0.25) is 5.95 Å². The Morgan fingerprint density at radius 1 is 1.26 bits per heavy atom. The molecule has 4 rings (SSSR count). The van der Waals surface area contributed by atoms with Crippen LogP contribution in [0, 0.1) is 0 Å². The SMILES string of the molecule is C=CCNC(=O)N[C@H]1CO[C@H]2[C@@H]1OC[C@@H]2Nc1nccc(-c2ccco2)n1. The number of hydrogen-bond acceptors (Lipinski definition) is 7. The summed E-state index contributed by atoms with van der Waals surface area (Å²) in [5.74, 6) is 1.15. The molecule has 9 nitrogen and oxygen atoms in total. The summed E-state index contributed by atoms with van der Waals surface area (Å²) < 4.78 is 17.1. The number of amides is 2. The van der Waals surface area contributed by atoms with Crippen molar-refractivity contribution < 1.29 is 18.7 Å². The van der Waals surface area contributed by atoms with Crippen molar-refractivity contribution in [1.82, 2.24) is 20.6 Å². The molecule has 3 N–H and O–H groups in total. The molecule has 2 aliphatic rings. The van der Waals surface area contributed by atoms with E-state index in [2.05, 4.69) is 32.5 Å². The molecule has 2 saturated heterocycles. The molecule has 2 aromatic rings. The van der Waals surface area contributed by atoms with Gasteiger partial charge in [0.15, 0.2) is 5.76 Å². The monoisotopic (exact) mass is 371 g/mol. The molecule has 0 unspecified atom stereocenters. The Morgan fingerprint density at radius 3 is 2.85 bits per heavy atom. The fourth-order valence-electron chi connectivity index (χ4n) is 3.29. The van der Waals surface area contributed by atoms with Gasteiger partial charge < -0.3 is 29.8 Å². The van der Waals surface area contributed by atoms with Crippen LogP contribution in [0.15, 0.2) is 47.7 Å². The van der Waals surface area contributed by atoms with Gasteiger partial charge in [-0.1, -0.05) is 6.08 Å². The first-order chi connectivity index (χ1) is 13.2. The third-order valence-electron chi connectivity index (χ3n) is 4.52. The first-order valence-corrected chi connectivity index (χ1v) is 8.76. The number of fused-ring (bicyclic) bond motifs is 1. The first-order valence-electron chi connectivity index (χ1n) is 8.76. The van der Waals surface area contributed by atoms with E-state index in [0.717, 1.165) is 0 Å². The van der Waals surface area contributed by atoms with E-state index in [-0.39, 0.29) is 30.3 Å². The molecule has 27 heavy (non-hydrogen) atoms. The lowest BCUT2D eigenvalue weighted by atomic mass is 10.1. The maximum absolute atomic E-state index is 11.8. The van der Waals surface area contributed by atoms with Crippen molar-refractivity contribution in [3.8, 4) is 11.5 Å². The number of carbonyl (C=O) groups excluding carboxylic acids is 1. The van der Waals surface area contributed by atoms with Crippen LogP contribution < -0.4 is 16.0 Å². The molecule has 2 fully saturated rings.